The maximum Gasteiger partial charge on any atom is 0.415 e. The smallest absolute Gasteiger partial charge is 0.410 e. The third-order valence-corrected chi connectivity index (χ3v) is 4.23. The van der Waals surface area contributed by atoms with Crippen LogP contribution in [0.25, 0.3) is 0 Å². The lowest BCUT2D eigenvalue weighted by atomic mass is 10.1. The zero-order valence-electron chi connectivity index (χ0n) is 14.4. The Morgan fingerprint density at radius 3 is 2.52 bits per heavy atom. The van der Waals surface area contributed by atoms with Gasteiger partial charge in [-0.05, 0) is 32.0 Å². The van der Waals surface area contributed by atoms with Gasteiger partial charge in [0.1, 0.15) is 18.2 Å². The van der Waals surface area contributed by atoms with Crippen LogP contribution >= 0.6 is 0 Å². The molecule has 2 heterocycles. The first-order valence-corrected chi connectivity index (χ1v) is 8.31. The molecule has 0 spiro atoms. The largest absolute Gasteiger partial charge is 0.415 e. The van der Waals surface area contributed by atoms with Crippen molar-refractivity contribution in [2.75, 3.05) is 18.0 Å². The van der Waals surface area contributed by atoms with E-state index in [1.165, 1.54) is 0 Å². The molecule has 0 aliphatic carbocycles. The number of amides is 1. The third kappa shape index (κ3) is 3.88. The van der Waals surface area contributed by atoms with E-state index < -0.39 is 0 Å². The molecule has 0 bridgehead atoms. The number of benzene rings is 1. The molecule has 1 aromatic heterocycles. The minimum Gasteiger partial charge on any atom is -0.410 e. The van der Waals surface area contributed by atoms with Gasteiger partial charge in [0.2, 0.25) is 0 Å². The van der Waals surface area contributed by atoms with Crippen molar-refractivity contribution in [2.24, 2.45) is 0 Å². The number of aromatic nitrogens is 2. The molecule has 132 valence electrons. The first kappa shape index (κ1) is 17.2. The fraction of sp³-hybridized carbons (Fsp3) is 0.389. The molecule has 2 aromatic rings. The molecule has 7 nitrogen and oxygen atoms in total. The van der Waals surface area contributed by atoms with Gasteiger partial charge in [-0.2, -0.15) is 0 Å². The second kappa shape index (κ2) is 7.48. The van der Waals surface area contributed by atoms with Gasteiger partial charge in [0.15, 0.2) is 5.82 Å². The van der Waals surface area contributed by atoms with Crippen molar-refractivity contribution < 1.29 is 14.6 Å². The monoisotopic (exact) mass is 342 g/mol. The van der Waals surface area contributed by atoms with E-state index in [1.807, 2.05) is 38.1 Å². The Hall–Kier alpha value is -2.67. The number of carbonyl (C=O) groups is 1. The SMILES string of the molecule is CC1CN(c2ccnc(CO)n2)CC(C)N1C(=O)Oc1ccccc1. The first-order valence-electron chi connectivity index (χ1n) is 8.31. The van der Waals surface area contributed by atoms with Crippen LogP contribution < -0.4 is 9.64 Å². The van der Waals surface area contributed by atoms with Crippen molar-refractivity contribution in [1.29, 1.82) is 0 Å². The maximum absolute atomic E-state index is 12.6. The van der Waals surface area contributed by atoms with Crippen LogP contribution in [-0.2, 0) is 6.61 Å². The molecule has 0 radical (unpaired) electrons. The summed E-state index contributed by atoms with van der Waals surface area (Å²) in [6, 6.07) is 10.8. The summed E-state index contributed by atoms with van der Waals surface area (Å²) >= 11 is 0. The van der Waals surface area contributed by atoms with Crippen molar-refractivity contribution >= 4 is 11.9 Å². The number of piperazine rings is 1. The lowest BCUT2D eigenvalue weighted by Gasteiger charge is -2.44. The molecule has 1 amide bonds. The number of rotatable bonds is 3. The molecule has 25 heavy (non-hydrogen) atoms. The molecule has 1 saturated heterocycles. The fourth-order valence-electron chi connectivity index (χ4n) is 3.15. The molecule has 1 N–H and O–H groups in total. The Morgan fingerprint density at radius 1 is 1.20 bits per heavy atom. The number of nitrogens with zero attached hydrogens (tertiary/aromatic N) is 4. The van der Waals surface area contributed by atoms with Crippen LogP contribution in [0.4, 0.5) is 10.6 Å². The van der Waals surface area contributed by atoms with Crippen LogP contribution in [0.15, 0.2) is 42.6 Å². The predicted molar refractivity (Wildman–Crippen MR) is 93.4 cm³/mol. The second-order valence-electron chi connectivity index (χ2n) is 6.18. The molecule has 1 aliphatic heterocycles. The lowest BCUT2D eigenvalue weighted by molar-refractivity contribution is 0.104. The zero-order chi connectivity index (χ0) is 17.8. The quantitative estimate of drug-likeness (QED) is 0.920. The van der Waals surface area contributed by atoms with Gasteiger partial charge in [-0.1, -0.05) is 18.2 Å². The number of ether oxygens (including phenoxy) is 1. The zero-order valence-corrected chi connectivity index (χ0v) is 14.4. The summed E-state index contributed by atoms with van der Waals surface area (Å²) < 4.78 is 5.48. The topological polar surface area (TPSA) is 78.8 Å². The van der Waals surface area contributed by atoms with E-state index in [9.17, 15) is 9.90 Å². The minimum absolute atomic E-state index is 0.0347. The molecule has 3 rings (SSSR count). The van der Waals surface area contributed by atoms with Crippen LogP contribution in [0, 0.1) is 0 Å². The van der Waals surface area contributed by atoms with E-state index in [0.29, 0.717) is 24.7 Å². The summed E-state index contributed by atoms with van der Waals surface area (Å²) in [6.45, 7) is 5.06. The van der Waals surface area contributed by atoms with Crippen LogP contribution in [0.5, 0.6) is 5.75 Å². The number of hydrogen-bond donors (Lipinski definition) is 1. The highest BCUT2D eigenvalue weighted by Crippen LogP contribution is 2.22. The van der Waals surface area contributed by atoms with Gasteiger partial charge >= 0.3 is 6.09 Å². The summed E-state index contributed by atoms with van der Waals surface area (Å²) in [5.74, 6) is 1.69. The average Bonchev–Trinajstić information content (AvgIpc) is 2.62. The van der Waals surface area contributed by atoms with Gasteiger partial charge in [-0.15, -0.1) is 0 Å². The average molecular weight is 342 g/mol. The van der Waals surface area contributed by atoms with E-state index in [1.54, 1.807) is 23.2 Å². The number of aliphatic hydroxyl groups is 1. The molecule has 0 saturated carbocycles. The summed E-state index contributed by atoms with van der Waals surface area (Å²) in [7, 11) is 0. The second-order valence-corrected chi connectivity index (χ2v) is 6.18. The number of anilines is 1. The van der Waals surface area contributed by atoms with Gasteiger partial charge in [0.05, 0.1) is 12.1 Å². The molecule has 1 aliphatic rings. The van der Waals surface area contributed by atoms with Crippen molar-refractivity contribution in [3.8, 4) is 5.75 Å². The molecular formula is C18H22N4O3. The van der Waals surface area contributed by atoms with E-state index in [4.69, 9.17) is 4.74 Å². The highest BCUT2D eigenvalue weighted by atomic mass is 16.6. The van der Waals surface area contributed by atoms with Gasteiger partial charge in [-0.3, -0.25) is 4.90 Å². The van der Waals surface area contributed by atoms with Crippen LogP contribution in [0.3, 0.4) is 0 Å². The Bertz CT molecular complexity index is 713. The number of carbonyl (C=O) groups excluding carboxylic acids is 1. The highest BCUT2D eigenvalue weighted by molar-refractivity contribution is 5.72. The van der Waals surface area contributed by atoms with Gasteiger partial charge < -0.3 is 14.7 Å². The Labute approximate surface area is 146 Å². The molecule has 1 fully saturated rings. The summed E-state index contributed by atoms with van der Waals surface area (Å²) in [6.07, 6.45) is 1.30. The van der Waals surface area contributed by atoms with Gasteiger partial charge in [0.25, 0.3) is 0 Å². The molecule has 2 unspecified atom stereocenters. The Kier molecular flexibility index (Phi) is 5.14. The molecular weight excluding hydrogens is 320 g/mol. The number of hydrogen-bond acceptors (Lipinski definition) is 6. The van der Waals surface area contributed by atoms with Gasteiger partial charge in [-0.25, -0.2) is 14.8 Å². The standard InChI is InChI=1S/C18H22N4O3/c1-13-10-21(17-8-9-19-16(12-23)20-17)11-14(2)22(13)18(24)25-15-6-4-3-5-7-15/h3-9,13-14,23H,10-12H2,1-2H3. The van der Waals surface area contributed by atoms with Crippen LogP contribution in [0.1, 0.15) is 19.7 Å². The van der Waals surface area contributed by atoms with E-state index in [2.05, 4.69) is 14.9 Å². The number of aliphatic hydroxyl groups excluding tert-OH is 1. The Morgan fingerprint density at radius 2 is 1.88 bits per heavy atom. The lowest BCUT2D eigenvalue weighted by Crippen LogP contribution is -2.59. The van der Waals surface area contributed by atoms with Gasteiger partial charge in [0, 0.05) is 19.3 Å². The van der Waals surface area contributed by atoms with E-state index >= 15 is 0 Å². The minimum atomic E-state index is -0.343. The van der Waals surface area contributed by atoms with Crippen LogP contribution in [0.2, 0.25) is 0 Å². The summed E-state index contributed by atoms with van der Waals surface area (Å²) in [5.41, 5.74) is 0. The summed E-state index contributed by atoms with van der Waals surface area (Å²) in [4.78, 5) is 24.8. The molecule has 1 aromatic carbocycles. The molecule has 2 atom stereocenters. The van der Waals surface area contributed by atoms with Crippen molar-refractivity contribution in [2.45, 2.75) is 32.5 Å². The number of para-hydroxylation sites is 1. The van der Waals surface area contributed by atoms with E-state index in [-0.39, 0.29) is 24.8 Å². The maximum atomic E-state index is 12.6. The van der Waals surface area contributed by atoms with Crippen molar-refractivity contribution in [3.63, 3.8) is 0 Å². The first-order chi connectivity index (χ1) is 12.1. The van der Waals surface area contributed by atoms with Crippen LogP contribution in [-0.4, -0.2) is 51.2 Å². The molecule has 7 heteroatoms. The predicted octanol–water partition coefficient (Wildman–Crippen LogP) is 2.07. The highest BCUT2D eigenvalue weighted by Gasteiger charge is 2.34. The fourth-order valence-corrected chi connectivity index (χ4v) is 3.15. The third-order valence-electron chi connectivity index (χ3n) is 4.23. The Balaban J connectivity index is 1.70. The summed E-state index contributed by atoms with van der Waals surface area (Å²) in [5, 5.41) is 9.21. The van der Waals surface area contributed by atoms with E-state index in [0.717, 1.165) is 5.82 Å². The normalized spacial score (nSPS) is 20.4. The van der Waals surface area contributed by atoms with Crippen molar-refractivity contribution in [3.05, 3.63) is 48.4 Å². The van der Waals surface area contributed by atoms with Crippen molar-refractivity contribution in [1.82, 2.24) is 14.9 Å².